The first kappa shape index (κ1) is 12.1. The van der Waals surface area contributed by atoms with E-state index in [2.05, 4.69) is 10.4 Å². The molecule has 94 valence electrons. The molecule has 0 unspecified atom stereocenters. The minimum absolute atomic E-state index is 0.301. The molecule has 0 aliphatic rings. The normalized spacial score (nSPS) is 10.3. The molecule has 0 saturated heterocycles. The van der Waals surface area contributed by atoms with E-state index in [1.807, 2.05) is 0 Å². The summed E-state index contributed by atoms with van der Waals surface area (Å²) in [6.45, 7) is 0.911. The van der Waals surface area contributed by atoms with Crippen molar-refractivity contribution in [2.45, 2.75) is 6.54 Å². The van der Waals surface area contributed by atoms with Crippen molar-refractivity contribution in [1.82, 2.24) is 15.1 Å². The van der Waals surface area contributed by atoms with Crippen molar-refractivity contribution in [3.63, 3.8) is 0 Å². The molecular formula is C12H13FN4O. The van der Waals surface area contributed by atoms with E-state index in [1.54, 1.807) is 16.9 Å². The second-order valence-corrected chi connectivity index (χ2v) is 3.80. The van der Waals surface area contributed by atoms with E-state index in [1.165, 1.54) is 24.4 Å². The maximum atomic E-state index is 12.9. The van der Waals surface area contributed by atoms with Crippen LogP contribution in [0.5, 0.6) is 0 Å². The smallest absolute Gasteiger partial charge is 0.251 e. The monoisotopic (exact) mass is 248 g/mol. The molecule has 1 aromatic heterocycles. The Morgan fingerprint density at radius 3 is 3.00 bits per heavy atom. The fourth-order valence-electron chi connectivity index (χ4n) is 1.52. The molecule has 0 radical (unpaired) electrons. The van der Waals surface area contributed by atoms with Crippen LogP contribution in [0.3, 0.4) is 0 Å². The van der Waals surface area contributed by atoms with Gasteiger partial charge in [-0.25, -0.2) is 4.39 Å². The van der Waals surface area contributed by atoms with Crippen LogP contribution in [0.4, 0.5) is 10.1 Å². The Hall–Kier alpha value is -2.37. The summed E-state index contributed by atoms with van der Waals surface area (Å²) < 4.78 is 14.5. The molecule has 2 aromatic rings. The molecule has 2 rings (SSSR count). The van der Waals surface area contributed by atoms with Crippen LogP contribution in [-0.2, 0) is 6.54 Å². The minimum Gasteiger partial charge on any atom is -0.396 e. The van der Waals surface area contributed by atoms with Crippen LogP contribution in [0.15, 0.2) is 36.7 Å². The molecule has 0 saturated carbocycles. The zero-order valence-corrected chi connectivity index (χ0v) is 9.64. The quantitative estimate of drug-likeness (QED) is 0.849. The van der Waals surface area contributed by atoms with E-state index in [9.17, 15) is 9.18 Å². The van der Waals surface area contributed by atoms with Gasteiger partial charge >= 0.3 is 0 Å². The molecular weight excluding hydrogens is 235 g/mol. The largest absolute Gasteiger partial charge is 0.396 e. The highest BCUT2D eigenvalue weighted by Gasteiger charge is 2.05. The first-order valence-corrected chi connectivity index (χ1v) is 5.47. The fraction of sp³-hybridized carbons (Fsp3) is 0.167. The van der Waals surface area contributed by atoms with Gasteiger partial charge in [-0.05, 0) is 18.2 Å². The van der Waals surface area contributed by atoms with Crippen LogP contribution in [0.1, 0.15) is 10.4 Å². The Labute approximate surface area is 103 Å². The molecule has 0 aliphatic heterocycles. The van der Waals surface area contributed by atoms with E-state index >= 15 is 0 Å². The molecule has 3 N–H and O–H groups in total. The van der Waals surface area contributed by atoms with Crippen molar-refractivity contribution < 1.29 is 9.18 Å². The molecule has 0 spiro atoms. The highest BCUT2D eigenvalue weighted by Crippen LogP contribution is 2.03. The number of rotatable bonds is 4. The van der Waals surface area contributed by atoms with Gasteiger partial charge in [-0.1, -0.05) is 6.07 Å². The topological polar surface area (TPSA) is 72.9 Å². The van der Waals surface area contributed by atoms with E-state index in [-0.39, 0.29) is 5.91 Å². The first-order chi connectivity index (χ1) is 8.65. The Bertz CT molecular complexity index is 553. The number of hydrogen-bond acceptors (Lipinski definition) is 3. The fourth-order valence-corrected chi connectivity index (χ4v) is 1.52. The Kier molecular flexibility index (Phi) is 3.57. The average molecular weight is 248 g/mol. The van der Waals surface area contributed by atoms with Crippen molar-refractivity contribution in [3.8, 4) is 0 Å². The SMILES string of the molecule is Nc1cnn(CCNC(=O)c2cccc(F)c2)c1. The van der Waals surface area contributed by atoms with Crippen molar-refractivity contribution in [1.29, 1.82) is 0 Å². The summed E-state index contributed by atoms with van der Waals surface area (Å²) in [7, 11) is 0. The van der Waals surface area contributed by atoms with Gasteiger partial charge in [-0.3, -0.25) is 9.48 Å². The second kappa shape index (κ2) is 5.31. The standard InChI is InChI=1S/C12H13FN4O/c13-10-3-1-2-9(6-10)12(18)15-4-5-17-8-11(14)7-16-17/h1-3,6-8H,4-5,14H2,(H,15,18). The second-order valence-electron chi connectivity index (χ2n) is 3.80. The Balaban J connectivity index is 1.85. The third kappa shape index (κ3) is 3.07. The number of aromatic nitrogens is 2. The van der Waals surface area contributed by atoms with Crippen LogP contribution < -0.4 is 11.1 Å². The summed E-state index contributed by atoms with van der Waals surface area (Å²) in [6.07, 6.45) is 3.21. The number of amides is 1. The summed E-state index contributed by atoms with van der Waals surface area (Å²) in [5.74, 6) is -0.739. The zero-order chi connectivity index (χ0) is 13.0. The van der Waals surface area contributed by atoms with Gasteiger partial charge in [-0.15, -0.1) is 0 Å². The van der Waals surface area contributed by atoms with Gasteiger partial charge < -0.3 is 11.1 Å². The van der Waals surface area contributed by atoms with Crippen molar-refractivity contribution in [3.05, 3.63) is 48.0 Å². The summed E-state index contributed by atoms with van der Waals surface area (Å²) >= 11 is 0. The van der Waals surface area contributed by atoms with Crippen LogP contribution in [0.2, 0.25) is 0 Å². The number of anilines is 1. The molecule has 1 amide bonds. The van der Waals surface area contributed by atoms with E-state index < -0.39 is 5.82 Å². The number of nitrogen functional groups attached to an aromatic ring is 1. The molecule has 0 atom stereocenters. The number of hydrogen-bond donors (Lipinski definition) is 2. The minimum atomic E-state index is -0.428. The molecule has 0 bridgehead atoms. The summed E-state index contributed by atoms with van der Waals surface area (Å²) in [4.78, 5) is 11.7. The van der Waals surface area contributed by atoms with E-state index in [0.29, 0.717) is 24.3 Å². The van der Waals surface area contributed by atoms with Crippen molar-refractivity contribution in [2.24, 2.45) is 0 Å². The first-order valence-electron chi connectivity index (χ1n) is 5.47. The van der Waals surface area contributed by atoms with Crippen LogP contribution >= 0.6 is 0 Å². The van der Waals surface area contributed by atoms with Crippen molar-refractivity contribution in [2.75, 3.05) is 12.3 Å². The van der Waals surface area contributed by atoms with Gasteiger partial charge in [0.1, 0.15) is 5.82 Å². The number of halogens is 1. The van der Waals surface area contributed by atoms with Gasteiger partial charge in [-0.2, -0.15) is 5.10 Å². The highest BCUT2D eigenvalue weighted by atomic mass is 19.1. The van der Waals surface area contributed by atoms with Gasteiger partial charge in [0, 0.05) is 18.3 Å². The lowest BCUT2D eigenvalue weighted by molar-refractivity contribution is 0.0951. The van der Waals surface area contributed by atoms with Gasteiger partial charge in [0.2, 0.25) is 0 Å². The maximum absolute atomic E-state index is 12.9. The summed E-state index contributed by atoms with van der Waals surface area (Å²) in [5.41, 5.74) is 6.38. The molecule has 5 nitrogen and oxygen atoms in total. The lowest BCUT2D eigenvalue weighted by Crippen LogP contribution is -2.27. The zero-order valence-electron chi connectivity index (χ0n) is 9.64. The number of carbonyl (C=O) groups excluding carboxylic acids is 1. The van der Waals surface area contributed by atoms with Crippen LogP contribution in [0, 0.1) is 5.82 Å². The molecule has 6 heteroatoms. The van der Waals surface area contributed by atoms with Crippen molar-refractivity contribution >= 4 is 11.6 Å². The number of carbonyl (C=O) groups is 1. The van der Waals surface area contributed by atoms with E-state index in [0.717, 1.165) is 0 Å². The number of nitrogens with one attached hydrogen (secondary N) is 1. The van der Waals surface area contributed by atoms with Crippen LogP contribution in [-0.4, -0.2) is 22.2 Å². The summed E-state index contributed by atoms with van der Waals surface area (Å²) in [6, 6.07) is 5.55. The third-order valence-electron chi connectivity index (χ3n) is 2.37. The lowest BCUT2D eigenvalue weighted by atomic mass is 10.2. The van der Waals surface area contributed by atoms with Gasteiger partial charge in [0.15, 0.2) is 0 Å². The van der Waals surface area contributed by atoms with E-state index in [4.69, 9.17) is 5.73 Å². The third-order valence-corrected chi connectivity index (χ3v) is 2.37. The summed E-state index contributed by atoms with van der Waals surface area (Å²) in [5, 5.41) is 6.66. The molecule has 1 heterocycles. The molecule has 18 heavy (non-hydrogen) atoms. The Morgan fingerprint density at radius 1 is 1.50 bits per heavy atom. The number of nitrogens with zero attached hydrogens (tertiary/aromatic N) is 2. The molecule has 0 fully saturated rings. The molecule has 1 aromatic carbocycles. The van der Waals surface area contributed by atoms with Gasteiger partial charge in [0.25, 0.3) is 5.91 Å². The Morgan fingerprint density at radius 2 is 2.33 bits per heavy atom. The average Bonchev–Trinajstić information content (AvgIpc) is 2.75. The highest BCUT2D eigenvalue weighted by molar-refractivity contribution is 5.94. The predicted octanol–water partition coefficient (Wildman–Crippen LogP) is 1.03. The number of benzene rings is 1. The maximum Gasteiger partial charge on any atom is 0.251 e. The number of nitrogens with two attached hydrogens (primary N) is 1. The molecule has 0 aliphatic carbocycles. The van der Waals surface area contributed by atoms with Crippen LogP contribution in [0.25, 0.3) is 0 Å². The van der Waals surface area contributed by atoms with Gasteiger partial charge in [0.05, 0.1) is 18.4 Å². The predicted molar refractivity (Wildman–Crippen MR) is 65.4 cm³/mol. The lowest BCUT2D eigenvalue weighted by Gasteiger charge is -2.05.